The van der Waals surface area contributed by atoms with E-state index < -0.39 is 10.0 Å². The predicted molar refractivity (Wildman–Crippen MR) is 83.3 cm³/mol. The number of piperazine rings is 1. The highest BCUT2D eigenvalue weighted by Crippen LogP contribution is 2.19. The quantitative estimate of drug-likeness (QED) is 0.803. The Kier molecular flexibility index (Phi) is 5.80. The van der Waals surface area contributed by atoms with Crippen LogP contribution in [0.5, 0.6) is 0 Å². The van der Waals surface area contributed by atoms with Crippen LogP contribution in [0.4, 0.5) is 0 Å². The lowest BCUT2D eigenvalue weighted by molar-refractivity contribution is -0.137. The van der Waals surface area contributed by atoms with Gasteiger partial charge in [-0.3, -0.25) is 4.79 Å². The van der Waals surface area contributed by atoms with Gasteiger partial charge in [-0.25, -0.2) is 8.42 Å². The molecule has 0 aromatic heterocycles. The number of carbonyl (C=O) groups is 1. The SMILES string of the molecule is CCOCC(=O)N1CCN(S(=O)(=O)c2ccc(Cl)cc2)CC1. The van der Waals surface area contributed by atoms with Crippen molar-refractivity contribution in [2.24, 2.45) is 0 Å². The van der Waals surface area contributed by atoms with Gasteiger partial charge in [0.05, 0.1) is 4.90 Å². The number of carbonyl (C=O) groups excluding carboxylic acids is 1. The molecule has 0 spiro atoms. The molecular formula is C14H19ClN2O4S. The van der Waals surface area contributed by atoms with Crippen LogP contribution in [0, 0.1) is 0 Å². The molecule has 0 N–H and O–H groups in total. The van der Waals surface area contributed by atoms with E-state index in [-0.39, 0.29) is 30.5 Å². The summed E-state index contributed by atoms with van der Waals surface area (Å²) in [5.41, 5.74) is 0. The normalized spacial score (nSPS) is 16.7. The zero-order valence-corrected chi connectivity index (χ0v) is 13.9. The van der Waals surface area contributed by atoms with Crippen molar-refractivity contribution in [3.05, 3.63) is 29.3 Å². The number of rotatable bonds is 5. The van der Waals surface area contributed by atoms with Crippen molar-refractivity contribution in [2.45, 2.75) is 11.8 Å². The molecule has 122 valence electrons. The summed E-state index contributed by atoms with van der Waals surface area (Å²) in [6.45, 7) is 3.66. The molecule has 8 heteroatoms. The third-order valence-electron chi connectivity index (χ3n) is 3.47. The number of hydrogen-bond donors (Lipinski definition) is 0. The molecule has 1 amide bonds. The largest absolute Gasteiger partial charge is 0.372 e. The predicted octanol–water partition coefficient (Wildman–Crippen LogP) is 1.21. The van der Waals surface area contributed by atoms with Crippen molar-refractivity contribution in [1.29, 1.82) is 0 Å². The van der Waals surface area contributed by atoms with Crippen LogP contribution in [0.1, 0.15) is 6.92 Å². The van der Waals surface area contributed by atoms with Crippen LogP contribution in [0.3, 0.4) is 0 Å². The number of halogens is 1. The second-order valence-corrected chi connectivity index (χ2v) is 7.25. The Balaban J connectivity index is 1.98. The van der Waals surface area contributed by atoms with Crippen molar-refractivity contribution in [3.63, 3.8) is 0 Å². The van der Waals surface area contributed by atoms with Crippen LogP contribution in [0.25, 0.3) is 0 Å². The van der Waals surface area contributed by atoms with Gasteiger partial charge in [0.25, 0.3) is 0 Å². The third-order valence-corrected chi connectivity index (χ3v) is 5.64. The molecule has 1 heterocycles. The Labute approximate surface area is 135 Å². The molecule has 0 aliphatic carbocycles. The first-order chi connectivity index (χ1) is 10.4. The Morgan fingerprint density at radius 1 is 1.18 bits per heavy atom. The van der Waals surface area contributed by atoms with E-state index in [2.05, 4.69) is 0 Å². The Hall–Kier alpha value is -1.15. The lowest BCUT2D eigenvalue weighted by atomic mass is 10.3. The molecule has 6 nitrogen and oxygen atoms in total. The van der Waals surface area contributed by atoms with Gasteiger partial charge in [0, 0.05) is 37.8 Å². The fraction of sp³-hybridized carbons (Fsp3) is 0.500. The molecule has 1 aromatic rings. The highest BCUT2D eigenvalue weighted by atomic mass is 35.5. The van der Waals surface area contributed by atoms with E-state index in [1.807, 2.05) is 6.92 Å². The van der Waals surface area contributed by atoms with Crippen LogP contribution in [-0.2, 0) is 19.6 Å². The number of sulfonamides is 1. The molecular weight excluding hydrogens is 328 g/mol. The molecule has 2 rings (SSSR count). The molecule has 0 unspecified atom stereocenters. The molecule has 1 saturated heterocycles. The summed E-state index contributed by atoms with van der Waals surface area (Å²) < 4.78 is 31.5. The minimum Gasteiger partial charge on any atom is -0.372 e. The summed E-state index contributed by atoms with van der Waals surface area (Å²) in [7, 11) is -3.54. The van der Waals surface area contributed by atoms with Crippen molar-refractivity contribution in [1.82, 2.24) is 9.21 Å². The molecule has 1 aliphatic heterocycles. The maximum absolute atomic E-state index is 12.5. The summed E-state index contributed by atoms with van der Waals surface area (Å²) in [6, 6.07) is 6.08. The van der Waals surface area contributed by atoms with Gasteiger partial charge in [-0.2, -0.15) is 4.31 Å². The van der Waals surface area contributed by atoms with E-state index in [4.69, 9.17) is 16.3 Å². The van der Waals surface area contributed by atoms with Gasteiger partial charge in [0.2, 0.25) is 15.9 Å². The van der Waals surface area contributed by atoms with Crippen LogP contribution in [0.15, 0.2) is 29.2 Å². The first-order valence-electron chi connectivity index (χ1n) is 7.06. The van der Waals surface area contributed by atoms with E-state index in [0.717, 1.165) is 0 Å². The van der Waals surface area contributed by atoms with Gasteiger partial charge in [-0.1, -0.05) is 11.6 Å². The first-order valence-corrected chi connectivity index (χ1v) is 8.88. The molecule has 0 saturated carbocycles. The fourth-order valence-corrected chi connectivity index (χ4v) is 3.76. The minimum absolute atomic E-state index is 0.0421. The summed E-state index contributed by atoms with van der Waals surface area (Å²) in [4.78, 5) is 13.7. The van der Waals surface area contributed by atoms with Crippen molar-refractivity contribution in [3.8, 4) is 0 Å². The number of hydrogen-bond acceptors (Lipinski definition) is 4. The maximum atomic E-state index is 12.5. The van der Waals surface area contributed by atoms with Gasteiger partial charge >= 0.3 is 0 Å². The molecule has 1 fully saturated rings. The van der Waals surface area contributed by atoms with Crippen molar-refractivity contribution < 1.29 is 17.9 Å². The second kappa shape index (κ2) is 7.41. The van der Waals surface area contributed by atoms with Gasteiger partial charge in [0.15, 0.2) is 0 Å². The smallest absolute Gasteiger partial charge is 0.248 e. The Bertz CT molecular complexity index is 610. The average molecular weight is 347 g/mol. The maximum Gasteiger partial charge on any atom is 0.248 e. The van der Waals surface area contributed by atoms with Crippen molar-refractivity contribution in [2.75, 3.05) is 39.4 Å². The summed E-state index contributed by atoms with van der Waals surface area (Å²) in [5.74, 6) is -0.106. The van der Waals surface area contributed by atoms with Crippen LogP contribution in [0.2, 0.25) is 5.02 Å². The highest BCUT2D eigenvalue weighted by molar-refractivity contribution is 7.89. The van der Waals surface area contributed by atoms with E-state index in [1.165, 1.54) is 16.4 Å². The number of benzene rings is 1. The van der Waals surface area contributed by atoms with Gasteiger partial charge in [-0.15, -0.1) is 0 Å². The molecule has 0 bridgehead atoms. The molecule has 0 radical (unpaired) electrons. The zero-order chi connectivity index (χ0) is 16.2. The van der Waals surface area contributed by atoms with Crippen LogP contribution < -0.4 is 0 Å². The lowest BCUT2D eigenvalue weighted by Gasteiger charge is -2.34. The van der Waals surface area contributed by atoms with Gasteiger partial charge in [-0.05, 0) is 31.2 Å². The molecule has 22 heavy (non-hydrogen) atoms. The summed E-state index contributed by atoms with van der Waals surface area (Å²) in [6.07, 6.45) is 0. The monoisotopic (exact) mass is 346 g/mol. The number of amides is 1. The second-order valence-electron chi connectivity index (χ2n) is 4.88. The van der Waals surface area contributed by atoms with Gasteiger partial charge in [0.1, 0.15) is 6.61 Å². The fourth-order valence-electron chi connectivity index (χ4n) is 2.21. The lowest BCUT2D eigenvalue weighted by Crippen LogP contribution is -2.51. The number of ether oxygens (including phenoxy) is 1. The molecule has 0 atom stereocenters. The zero-order valence-electron chi connectivity index (χ0n) is 12.4. The third kappa shape index (κ3) is 3.98. The standard InChI is InChI=1S/C14H19ClN2O4S/c1-2-21-11-14(18)16-7-9-17(10-8-16)22(19,20)13-5-3-12(15)4-6-13/h3-6H,2,7-11H2,1H3. The Morgan fingerprint density at radius 3 is 2.32 bits per heavy atom. The Morgan fingerprint density at radius 2 is 1.77 bits per heavy atom. The van der Waals surface area contributed by atoms with E-state index in [0.29, 0.717) is 24.7 Å². The van der Waals surface area contributed by atoms with Gasteiger partial charge < -0.3 is 9.64 Å². The first kappa shape index (κ1) is 17.2. The summed E-state index contributed by atoms with van der Waals surface area (Å²) >= 11 is 5.78. The molecule has 1 aromatic carbocycles. The number of nitrogens with zero attached hydrogens (tertiary/aromatic N) is 2. The van der Waals surface area contributed by atoms with Crippen LogP contribution >= 0.6 is 11.6 Å². The molecule has 1 aliphatic rings. The van der Waals surface area contributed by atoms with Crippen LogP contribution in [-0.4, -0.2) is 62.9 Å². The van der Waals surface area contributed by atoms with E-state index in [9.17, 15) is 13.2 Å². The highest BCUT2D eigenvalue weighted by Gasteiger charge is 2.29. The van der Waals surface area contributed by atoms with E-state index in [1.54, 1.807) is 17.0 Å². The van der Waals surface area contributed by atoms with Crippen molar-refractivity contribution >= 4 is 27.5 Å². The minimum atomic E-state index is -3.54. The van der Waals surface area contributed by atoms with E-state index >= 15 is 0 Å². The average Bonchev–Trinajstić information content (AvgIpc) is 2.53. The summed E-state index contributed by atoms with van der Waals surface area (Å²) in [5, 5.41) is 0.491. The topological polar surface area (TPSA) is 66.9 Å².